The van der Waals surface area contributed by atoms with E-state index >= 15 is 0 Å². The number of ketones is 1. The number of nitrogens with zero attached hydrogens (tertiary/aromatic N) is 1. The lowest BCUT2D eigenvalue weighted by molar-refractivity contribution is -0.135. The van der Waals surface area contributed by atoms with Crippen LogP contribution in [-0.2, 0) is 52.8 Å². The van der Waals surface area contributed by atoms with Gasteiger partial charge in [-0.05, 0) is 68.5 Å². The van der Waals surface area contributed by atoms with Crippen molar-refractivity contribution in [2.45, 2.75) is 95.0 Å². The molecule has 5 aromatic rings. The molecule has 0 saturated carbocycles. The van der Waals surface area contributed by atoms with Crippen LogP contribution in [0, 0.1) is 17.8 Å². The van der Waals surface area contributed by atoms with Gasteiger partial charge in [0, 0.05) is 72.3 Å². The molecule has 0 spiro atoms. The van der Waals surface area contributed by atoms with E-state index in [1.54, 1.807) is 18.5 Å². The number of amides is 6. The van der Waals surface area contributed by atoms with Crippen LogP contribution in [0.4, 0.5) is 0 Å². The Bertz CT molecular complexity index is 2700. The van der Waals surface area contributed by atoms with Crippen LogP contribution in [0.3, 0.4) is 0 Å². The van der Waals surface area contributed by atoms with E-state index in [4.69, 9.17) is 11.5 Å². The van der Waals surface area contributed by atoms with Crippen LogP contribution in [0.15, 0.2) is 104 Å². The molecule has 0 fully saturated rings. The first-order valence-electron chi connectivity index (χ1n) is 23.2. The van der Waals surface area contributed by atoms with Crippen LogP contribution < -0.4 is 38.1 Å². The fourth-order valence-corrected chi connectivity index (χ4v) is 8.34. The monoisotopic (exact) mass is 938 g/mol. The Morgan fingerprint density at radius 1 is 0.783 bits per heavy atom. The third-order valence-electron chi connectivity index (χ3n) is 12.2. The summed E-state index contributed by atoms with van der Waals surface area (Å²) in [7, 11) is 0. The molecular weight excluding hydrogens is 877 g/mol. The fraction of sp³-hybridized carbons (Fsp3) is 0.365. The van der Waals surface area contributed by atoms with E-state index in [1.807, 2.05) is 83.8 Å². The molecule has 0 saturated heterocycles. The smallest absolute Gasteiger partial charge is 0.244 e. The molecule has 3 heterocycles. The molecule has 17 heteroatoms. The molecule has 7 atom stereocenters. The first-order chi connectivity index (χ1) is 33.2. The van der Waals surface area contributed by atoms with Gasteiger partial charge >= 0.3 is 0 Å². The average molecular weight is 939 g/mol. The number of aromatic nitrogens is 2. The zero-order valence-corrected chi connectivity index (χ0v) is 39.0. The third-order valence-corrected chi connectivity index (χ3v) is 12.2. The van der Waals surface area contributed by atoms with Gasteiger partial charge in [-0.3, -0.25) is 38.5 Å². The summed E-state index contributed by atoms with van der Waals surface area (Å²) in [5, 5.41) is 15.6. The summed E-state index contributed by atoms with van der Waals surface area (Å²) in [6, 6.07) is 17.3. The van der Waals surface area contributed by atoms with Crippen molar-refractivity contribution < 1.29 is 33.6 Å². The quantitative estimate of drug-likeness (QED) is 0.0694. The number of carbonyl (C=O) groups is 7. The number of Topliss-reactive ketones (excluding diaryl/α,β-unsaturated/α-hetero) is 1. The van der Waals surface area contributed by atoms with E-state index in [1.165, 1.54) is 13.8 Å². The lowest BCUT2D eigenvalue weighted by atomic mass is 9.90. The van der Waals surface area contributed by atoms with Gasteiger partial charge in [-0.2, -0.15) is 0 Å². The lowest BCUT2D eigenvalue weighted by Gasteiger charge is -2.26. The molecule has 1 aliphatic rings. The summed E-state index contributed by atoms with van der Waals surface area (Å²) in [6.45, 7) is 7.89. The minimum absolute atomic E-state index is 0.00567. The van der Waals surface area contributed by atoms with Crippen molar-refractivity contribution in [3.05, 3.63) is 121 Å². The number of rotatable bonds is 11. The number of fused-ring (bicyclic) bond motifs is 2. The van der Waals surface area contributed by atoms with Gasteiger partial charge in [-0.15, -0.1) is 6.58 Å². The number of carbonyl (C=O) groups excluding carboxylic acids is 7. The number of para-hydroxylation sites is 2. The van der Waals surface area contributed by atoms with Gasteiger partial charge in [0.2, 0.25) is 35.4 Å². The van der Waals surface area contributed by atoms with Gasteiger partial charge in [0.05, 0.1) is 18.6 Å². The fourth-order valence-electron chi connectivity index (χ4n) is 8.34. The van der Waals surface area contributed by atoms with Crippen molar-refractivity contribution >= 4 is 63.0 Å². The van der Waals surface area contributed by atoms with Gasteiger partial charge < -0.3 is 48.0 Å². The maximum absolute atomic E-state index is 14.6. The highest BCUT2D eigenvalue weighted by Crippen LogP contribution is 2.24. The van der Waals surface area contributed by atoms with Gasteiger partial charge in [0.25, 0.3) is 0 Å². The Kier molecular flexibility index (Phi) is 18.0. The molecule has 0 radical (unpaired) electrons. The van der Waals surface area contributed by atoms with E-state index in [-0.39, 0.29) is 45.1 Å². The highest BCUT2D eigenvalue weighted by Gasteiger charge is 2.34. The molecule has 3 aromatic carbocycles. The van der Waals surface area contributed by atoms with Gasteiger partial charge in [-0.1, -0.05) is 84.6 Å². The van der Waals surface area contributed by atoms with Crippen LogP contribution in [0.5, 0.6) is 0 Å². The highest BCUT2D eigenvalue weighted by atomic mass is 16.2. The Labute approximate surface area is 401 Å². The standard InChI is InChI=1S/C52H62N10O7/c1-4-23-62-24-13-12-21-43(59-48(65)32(2)53)50(67)61-45(28-37-31-56-41-20-11-9-18-39(37)41)51(68)57-33(3)46(63)29-35(27-36-30-55-40-19-10-8-17-38(36)40)49(66)60-44(26-34-15-6-5-7-16-34)52(69)58-42(47(54)64)22-14-25-62/h4-11,15-20,30-33,35,42-45,55-56H,1,14,21-29,53H2,2-3H3,(H2,54,64)(H,57,68)(H,58,69)(H,59,65)(H,60,66)(H,61,67)/t32-,33-,35+,42-,43?,44+,45+/m0/s1. The molecule has 1 aliphatic heterocycles. The summed E-state index contributed by atoms with van der Waals surface area (Å²) >= 11 is 0. The van der Waals surface area contributed by atoms with Crippen molar-refractivity contribution in [1.82, 2.24) is 41.5 Å². The van der Waals surface area contributed by atoms with Crippen molar-refractivity contribution in [1.29, 1.82) is 0 Å². The Balaban J connectivity index is 1.36. The van der Waals surface area contributed by atoms with Gasteiger partial charge in [0.15, 0.2) is 5.78 Å². The number of nitrogens with two attached hydrogens (primary N) is 2. The van der Waals surface area contributed by atoms with E-state index in [0.717, 1.165) is 32.9 Å². The predicted molar refractivity (Wildman–Crippen MR) is 264 cm³/mol. The van der Waals surface area contributed by atoms with E-state index in [9.17, 15) is 33.6 Å². The van der Waals surface area contributed by atoms with Crippen LogP contribution in [-0.4, -0.2) is 112 Å². The number of H-pyrrole nitrogens is 2. The molecule has 6 rings (SSSR count). The Morgan fingerprint density at radius 2 is 1.38 bits per heavy atom. The second-order valence-corrected chi connectivity index (χ2v) is 17.6. The Hall–Kier alpha value is -7.55. The topological polar surface area (TPSA) is 266 Å². The summed E-state index contributed by atoms with van der Waals surface area (Å²) in [5.41, 5.74) is 15.6. The first kappa shape index (κ1) is 50.9. The number of aromatic amines is 2. The molecular formula is C52H62N10O7. The van der Waals surface area contributed by atoms with Crippen molar-refractivity contribution in [3.63, 3.8) is 0 Å². The van der Waals surface area contributed by atoms with Crippen LogP contribution in [0.1, 0.15) is 56.2 Å². The summed E-state index contributed by atoms with van der Waals surface area (Å²) in [4.78, 5) is 106. The number of benzene rings is 3. The molecule has 362 valence electrons. The van der Waals surface area contributed by atoms with E-state index < -0.39 is 83.4 Å². The molecule has 11 N–H and O–H groups in total. The van der Waals surface area contributed by atoms with E-state index in [0.29, 0.717) is 25.1 Å². The molecule has 17 nitrogen and oxygen atoms in total. The second kappa shape index (κ2) is 24.5. The lowest BCUT2D eigenvalue weighted by Crippen LogP contribution is -2.57. The zero-order chi connectivity index (χ0) is 49.5. The number of hydrogen-bond acceptors (Lipinski definition) is 9. The molecule has 6 amide bonds. The van der Waals surface area contributed by atoms with Gasteiger partial charge in [0.1, 0.15) is 24.2 Å². The largest absolute Gasteiger partial charge is 0.368 e. The van der Waals surface area contributed by atoms with Crippen molar-refractivity contribution in [2.75, 3.05) is 19.6 Å². The van der Waals surface area contributed by atoms with Crippen LogP contribution in [0.25, 0.3) is 21.8 Å². The minimum atomic E-state index is -1.24. The van der Waals surface area contributed by atoms with Gasteiger partial charge in [-0.25, -0.2) is 0 Å². The predicted octanol–water partition coefficient (Wildman–Crippen LogP) is 2.20. The molecule has 0 aliphatic carbocycles. The average Bonchev–Trinajstić information content (AvgIpc) is 3.94. The normalized spacial score (nSPS) is 22.4. The second-order valence-electron chi connectivity index (χ2n) is 17.6. The number of nitrogens with one attached hydrogen (secondary N) is 7. The minimum Gasteiger partial charge on any atom is -0.368 e. The molecule has 69 heavy (non-hydrogen) atoms. The SMILES string of the molecule is C=CCN1CC#CCC(NC(=O)[C@H](C)N)C(=O)N[C@H](Cc2c[nH]c3ccccc23)C(=O)N[C@@H](C)C(=O)C[C@@H](Cc2c[nH]c3ccccc23)C(=O)N[C@H](Cc2ccccc2)C(=O)N[C@H](C(N)=O)CCC1. The zero-order valence-electron chi connectivity index (χ0n) is 39.0. The van der Waals surface area contributed by atoms with Crippen LogP contribution in [0.2, 0.25) is 0 Å². The first-order valence-corrected chi connectivity index (χ1v) is 23.2. The molecule has 1 unspecified atom stereocenters. The summed E-state index contributed by atoms with van der Waals surface area (Å²) in [6.07, 6.45) is 5.46. The summed E-state index contributed by atoms with van der Waals surface area (Å²) < 4.78 is 0. The number of primary amides is 1. The molecule has 2 aromatic heterocycles. The molecule has 0 bridgehead atoms. The summed E-state index contributed by atoms with van der Waals surface area (Å²) in [5.74, 6) is 0.532. The third kappa shape index (κ3) is 14.2. The maximum Gasteiger partial charge on any atom is 0.244 e. The Morgan fingerprint density at radius 3 is 2.01 bits per heavy atom. The number of hydrogen-bond donors (Lipinski definition) is 9. The van der Waals surface area contributed by atoms with Crippen LogP contribution >= 0.6 is 0 Å². The highest BCUT2D eigenvalue weighted by molar-refractivity contribution is 5.98. The maximum atomic E-state index is 14.6. The van der Waals surface area contributed by atoms with E-state index in [2.05, 4.69) is 55.0 Å². The van der Waals surface area contributed by atoms with Crippen molar-refractivity contribution in [2.24, 2.45) is 17.4 Å². The van der Waals surface area contributed by atoms with Crippen molar-refractivity contribution in [3.8, 4) is 11.8 Å².